The van der Waals surface area contributed by atoms with Gasteiger partial charge in [0.2, 0.25) is 5.91 Å². The first-order valence-electron chi connectivity index (χ1n) is 9.44. The highest BCUT2D eigenvalue weighted by atomic mass is 16.6. The molecule has 9 heteroatoms. The van der Waals surface area contributed by atoms with Crippen molar-refractivity contribution in [2.45, 2.75) is 18.9 Å². The minimum absolute atomic E-state index is 0.0324. The van der Waals surface area contributed by atoms with Crippen LogP contribution in [0, 0.1) is 11.3 Å². The summed E-state index contributed by atoms with van der Waals surface area (Å²) in [6, 6.07) is 6.68. The van der Waals surface area contributed by atoms with Crippen molar-refractivity contribution in [1.29, 1.82) is 5.26 Å². The van der Waals surface area contributed by atoms with E-state index in [1.165, 1.54) is 18.1 Å². The third-order valence-corrected chi connectivity index (χ3v) is 5.03. The lowest BCUT2D eigenvalue weighted by Gasteiger charge is -2.33. The molecule has 2 heterocycles. The van der Waals surface area contributed by atoms with Crippen molar-refractivity contribution in [1.82, 2.24) is 9.80 Å². The van der Waals surface area contributed by atoms with E-state index in [9.17, 15) is 14.4 Å². The monoisotopic (exact) mass is 401 g/mol. The van der Waals surface area contributed by atoms with E-state index in [4.69, 9.17) is 14.7 Å². The molecule has 2 aliphatic heterocycles. The number of rotatable bonds is 5. The number of carbonyl (C=O) groups excluding carboxylic acids is 3. The van der Waals surface area contributed by atoms with Gasteiger partial charge in [-0.25, -0.2) is 4.79 Å². The second-order valence-electron chi connectivity index (χ2n) is 6.87. The van der Waals surface area contributed by atoms with Crippen molar-refractivity contribution in [2.75, 3.05) is 46.5 Å². The lowest BCUT2D eigenvalue weighted by Crippen LogP contribution is -2.47. The lowest BCUT2D eigenvalue weighted by molar-refractivity contribution is -0.150. The molecule has 1 saturated heterocycles. The van der Waals surface area contributed by atoms with Gasteiger partial charge in [-0.15, -0.1) is 0 Å². The molecule has 0 aliphatic carbocycles. The number of methoxy groups -OCH3 is 1. The van der Waals surface area contributed by atoms with Crippen molar-refractivity contribution in [2.24, 2.45) is 0 Å². The molecule has 0 radical (unpaired) electrons. The molecule has 2 amide bonds. The van der Waals surface area contributed by atoms with Gasteiger partial charge in [0, 0.05) is 13.1 Å². The Kier molecular flexibility index (Phi) is 6.67. The number of hydrogen-bond acceptors (Lipinski definition) is 7. The van der Waals surface area contributed by atoms with E-state index < -0.39 is 5.97 Å². The summed E-state index contributed by atoms with van der Waals surface area (Å²) in [6.07, 6.45) is 1.16. The molecule has 0 spiro atoms. The van der Waals surface area contributed by atoms with Crippen LogP contribution in [0.2, 0.25) is 0 Å². The average molecular weight is 401 g/mol. The number of ether oxygens (including phenoxy) is 3. The highest BCUT2D eigenvalue weighted by Crippen LogP contribution is 2.24. The molecule has 9 nitrogen and oxygen atoms in total. The van der Waals surface area contributed by atoms with Crippen LogP contribution in [-0.2, 0) is 19.1 Å². The van der Waals surface area contributed by atoms with E-state index in [1.807, 2.05) is 6.07 Å². The molecule has 0 unspecified atom stereocenters. The topological polar surface area (TPSA) is 109 Å². The van der Waals surface area contributed by atoms with Crippen LogP contribution in [0.25, 0.3) is 0 Å². The molecule has 2 aliphatic rings. The third kappa shape index (κ3) is 5.03. The molecule has 3 rings (SSSR count). The third-order valence-electron chi connectivity index (χ3n) is 5.03. The Morgan fingerprint density at radius 1 is 1.28 bits per heavy atom. The average Bonchev–Trinajstić information content (AvgIpc) is 2.90. The van der Waals surface area contributed by atoms with Gasteiger partial charge in [0.05, 0.1) is 37.0 Å². The van der Waals surface area contributed by atoms with Gasteiger partial charge in [0.15, 0.2) is 0 Å². The fraction of sp³-hybridized carbons (Fsp3) is 0.500. The number of nitriles is 1. The highest BCUT2D eigenvalue weighted by Gasteiger charge is 2.29. The van der Waals surface area contributed by atoms with E-state index >= 15 is 0 Å². The largest absolute Gasteiger partial charge is 0.491 e. The smallest absolute Gasteiger partial charge is 0.331 e. The zero-order valence-electron chi connectivity index (χ0n) is 16.3. The Bertz CT molecular complexity index is 826. The Labute approximate surface area is 168 Å². The van der Waals surface area contributed by atoms with Gasteiger partial charge in [0.1, 0.15) is 25.5 Å². The lowest BCUT2D eigenvalue weighted by atomic mass is 10.1. The predicted octanol–water partition coefficient (Wildman–Crippen LogP) is 0.573. The molecule has 29 heavy (non-hydrogen) atoms. The minimum atomic E-state index is -0.424. The van der Waals surface area contributed by atoms with E-state index in [0.29, 0.717) is 49.4 Å². The molecule has 0 bridgehead atoms. The normalized spacial score (nSPS) is 17.0. The fourth-order valence-corrected chi connectivity index (χ4v) is 3.36. The Morgan fingerprint density at radius 3 is 2.72 bits per heavy atom. The van der Waals surface area contributed by atoms with E-state index in [1.54, 1.807) is 17.0 Å². The molecule has 0 saturated carbocycles. The van der Waals surface area contributed by atoms with Crippen molar-refractivity contribution in [3.05, 3.63) is 29.3 Å². The number of benzene rings is 1. The number of carbonyl (C=O) groups is 3. The van der Waals surface area contributed by atoms with Gasteiger partial charge in [-0.05, 0) is 31.0 Å². The van der Waals surface area contributed by atoms with E-state index in [0.717, 1.165) is 0 Å². The number of nitrogens with zero attached hydrogens (tertiary/aromatic N) is 3. The number of esters is 1. The first-order valence-corrected chi connectivity index (χ1v) is 9.44. The van der Waals surface area contributed by atoms with Gasteiger partial charge in [-0.3, -0.25) is 9.59 Å². The number of fused-ring (bicyclic) bond motifs is 1. The molecule has 1 fully saturated rings. The predicted molar refractivity (Wildman–Crippen MR) is 100 cm³/mol. The van der Waals surface area contributed by atoms with Crippen molar-refractivity contribution >= 4 is 17.8 Å². The second-order valence-corrected chi connectivity index (χ2v) is 6.87. The van der Waals surface area contributed by atoms with Gasteiger partial charge in [0.25, 0.3) is 5.91 Å². The van der Waals surface area contributed by atoms with Crippen molar-refractivity contribution < 1.29 is 28.6 Å². The summed E-state index contributed by atoms with van der Waals surface area (Å²) in [7, 11) is 1.31. The highest BCUT2D eigenvalue weighted by molar-refractivity contribution is 5.99. The number of likely N-dealkylation sites (tertiary alicyclic amines) is 1. The number of amides is 2. The maximum Gasteiger partial charge on any atom is 0.331 e. The van der Waals surface area contributed by atoms with Crippen molar-refractivity contribution in [3.63, 3.8) is 0 Å². The van der Waals surface area contributed by atoms with Gasteiger partial charge in [-0.1, -0.05) is 0 Å². The summed E-state index contributed by atoms with van der Waals surface area (Å²) in [5, 5.41) is 9.00. The standard InChI is InChI=1S/C20H23N3O6/c1-27-19(25)13-29-15-4-6-22(7-5-15)18(24)12-23-8-9-28-17-10-14(11-21)2-3-16(17)20(23)26/h2-3,10,15H,4-9,12-13H2,1H3. The number of piperidine rings is 1. The Hall–Kier alpha value is -3.12. The Balaban J connectivity index is 1.55. The van der Waals surface area contributed by atoms with Crippen LogP contribution in [-0.4, -0.2) is 80.2 Å². The van der Waals surface area contributed by atoms with Crippen LogP contribution in [0.3, 0.4) is 0 Å². The van der Waals surface area contributed by atoms with Crippen LogP contribution < -0.4 is 4.74 Å². The van der Waals surface area contributed by atoms with Crippen LogP contribution in [0.1, 0.15) is 28.8 Å². The summed E-state index contributed by atoms with van der Waals surface area (Å²) in [5.41, 5.74) is 0.766. The van der Waals surface area contributed by atoms with Crippen LogP contribution in [0.5, 0.6) is 5.75 Å². The zero-order chi connectivity index (χ0) is 20.8. The maximum absolute atomic E-state index is 12.8. The van der Waals surface area contributed by atoms with Gasteiger partial charge < -0.3 is 24.0 Å². The summed E-state index contributed by atoms with van der Waals surface area (Å²) in [4.78, 5) is 39.8. The van der Waals surface area contributed by atoms with Crippen LogP contribution >= 0.6 is 0 Å². The first kappa shape index (κ1) is 20.6. The quantitative estimate of drug-likeness (QED) is 0.664. The van der Waals surface area contributed by atoms with Crippen LogP contribution in [0.15, 0.2) is 18.2 Å². The Morgan fingerprint density at radius 2 is 2.03 bits per heavy atom. The molecule has 154 valence electrons. The SMILES string of the molecule is COC(=O)COC1CCN(C(=O)CN2CCOc3cc(C#N)ccc3C2=O)CC1. The van der Waals surface area contributed by atoms with Gasteiger partial charge >= 0.3 is 5.97 Å². The maximum atomic E-state index is 12.8. The summed E-state index contributed by atoms with van der Waals surface area (Å²) >= 11 is 0. The summed E-state index contributed by atoms with van der Waals surface area (Å²) in [5.74, 6) is -0.478. The van der Waals surface area contributed by atoms with Gasteiger partial charge in [-0.2, -0.15) is 5.26 Å². The van der Waals surface area contributed by atoms with Crippen molar-refractivity contribution in [3.8, 4) is 11.8 Å². The number of hydrogen-bond donors (Lipinski definition) is 0. The molecule has 1 aromatic carbocycles. The molecule has 1 aromatic rings. The molecule has 0 N–H and O–H groups in total. The fourth-order valence-electron chi connectivity index (χ4n) is 3.36. The first-order chi connectivity index (χ1) is 14.0. The summed E-state index contributed by atoms with van der Waals surface area (Å²) in [6.45, 7) is 1.43. The molecule has 0 aromatic heterocycles. The minimum Gasteiger partial charge on any atom is -0.491 e. The molecular formula is C20H23N3O6. The zero-order valence-corrected chi connectivity index (χ0v) is 16.3. The summed E-state index contributed by atoms with van der Waals surface area (Å²) < 4.78 is 15.6. The van der Waals surface area contributed by atoms with E-state index in [2.05, 4.69) is 4.74 Å². The molecular weight excluding hydrogens is 378 g/mol. The van der Waals surface area contributed by atoms with E-state index in [-0.39, 0.29) is 37.7 Å². The second kappa shape index (κ2) is 9.39. The van der Waals surface area contributed by atoms with Crippen LogP contribution in [0.4, 0.5) is 0 Å². The molecule has 0 atom stereocenters.